The number of thioether (sulfide) groups is 1. The fourth-order valence-electron chi connectivity index (χ4n) is 2.08. The third-order valence-corrected chi connectivity index (χ3v) is 5.47. The van der Waals surface area contributed by atoms with Crippen molar-refractivity contribution in [3.8, 4) is 0 Å². The highest BCUT2D eigenvalue weighted by Gasteiger charge is 2.23. The number of nitrogens with one attached hydrogen (secondary N) is 1. The summed E-state index contributed by atoms with van der Waals surface area (Å²) in [4.78, 5) is 1.46. The Morgan fingerprint density at radius 3 is 3.07 bits per heavy atom. The molecule has 1 aliphatic heterocycles. The van der Waals surface area contributed by atoms with Crippen molar-refractivity contribution in [1.82, 2.24) is 5.32 Å². The van der Waals surface area contributed by atoms with E-state index in [1.165, 1.54) is 23.5 Å². The second-order valence-electron chi connectivity index (χ2n) is 4.23. The number of thiophene rings is 1. The molecule has 2 heterocycles. The topological polar surface area (TPSA) is 12.0 Å². The van der Waals surface area contributed by atoms with E-state index in [2.05, 4.69) is 48.4 Å². The summed E-state index contributed by atoms with van der Waals surface area (Å²) in [5.41, 5.74) is 0. The van der Waals surface area contributed by atoms with Crippen LogP contribution in [-0.4, -0.2) is 17.0 Å². The van der Waals surface area contributed by atoms with Gasteiger partial charge >= 0.3 is 0 Å². The fraction of sp³-hybridized carbons (Fsp3) is 0.667. The van der Waals surface area contributed by atoms with Gasteiger partial charge in [-0.15, -0.1) is 11.3 Å². The molecule has 1 fully saturated rings. The number of hydrogen-bond donors (Lipinski definition) is 1. The summed E-state index contributed by atoms with van der Waals surface area (Å²) in [6.45, 7) is 4.63. The van der Waals surface area contributed by atoms with E-state index in [0.717, 1.165) is 5.25 Å². The Labute approximate surface area is 101 Å². The van der Waals surface area contributed by atoms with Crippen molar-refractivity contribution in [3.05, 3.63) is 22.4 Å². The molecule has 3 heteroatoms. The molecule has 0 radical (unpaired) electrons. The highest BCUT2D eigenvalue weighted by molar-refractivity contribution is 7.99. The first-order valence-electron chi connectivity index (χ1n) is 5.68. The molecule has 84 valence electrons. The van der Waals surface area contributed by atoms with Gasteiger partial charge in [-0.2, -0.15) is 11.8 Å². The minimum atomic E-state index is 0.510. The quantitative estimate of drug-likeness (QED) is 0.866. The van der Waals surface area contributed by atoms with E-state index in [0.29, 0.717) is 12.1 Å². The third kappa shape index (κ3) is 2.99. The molecule has 0 amide bonds. The van der Waals surface area contributed by atoms with E-state index in [1.54, 1.807) is 0 Å². The predicted molar refractivity (Wildman–Crippen MR) is 70.8 cm³/mol. The molecule has 1 aromatic heterocycles. The van der Waals surface area contributed by atoms with Crippen LogP contribution in [0.4, 0.5) is 0 Å². The summed E-state index contributed by atoms with van der Waals surface area (Å²) in [5.74, 6) is 1.34. The zero-order valence-electron chi connectivity index (χ0n) is 9.40. The second kappa shape index (κ2) is 5.37. The zero-order valence-corrected chi connectivity index (χ0v) is 11.0. The van der Waals surface area contributed by atoms with E-state index < -0.39 is 0 Å². The first-order valence-corrected chi connectivity index (χ1v) is 7.61. The van der Waals surface area contributed by atoms with Gasteiger partial charge in [-0.1, -0.05) is 13.0 Å². The van der Waals surface area contributed by atoms with Crippen molar-refractivity contribution in [2.24, 2.45) is 0 Å². The van der Waals surface area contributed by atoms with E-state index >= 15 is 0 Å². The highest BCUT2D eigenvalue weighted by Crippen LogP contribution is 2.28. The summed E-state index contributed by atoms with van der Waals surface area (Å²) in [7, 11) is 0. The summed E-state index contributed by atoms with van der Waals surface area (Å²) >= 11 is 3.96. The predicted octanol–water partition coefficient (Wildman–Crippen LogP) is 3.68. The molecule has 1 nitrogen and oxygen atoms in total. The average molecular weight is 241 g/mol. The lowest BCUT2D eigenvalue weighted by Gasteiger charge is -2.31. The van der Waals surface area contributed by atoms with Crippen molar-refractivity contribution >= 4 is 23.1 Å². The van der Waals surface area contributed by atoms with Crippen molar-refractivity contribution in [2.75, 3.05) is 5.75 Å². The summed E-state index contributed by atoms with van der Waals surface area (Å²) in [6.07, 6.45) is 2.70. The maximum atomic E-state index is 3.76. The molecule has 15 heavy (non-hydrogen) atoms. The lowest BCUT2D eigenvalue weighted by atomic mass is 10.1. The Balaban J connectivity index is 1.90. The third-order valence-electron chi connectivity index (χ3n) is 3.04. The lowest BCUT2D eigenvalue weighted by Crippen LogP contribution is -2.40. The van der Waals surface area contributed by atoms with Crippen LogP contribution in [0.5, 0.6) is 0 Å². The van der Waals surface area contributed by atoms with E-state index in [1.807, 2.05) is 11.3 Å². The monoisotopic (exact) mass is 241 g/mol. The van der Waals surface area contributed by atoms with E-state index in [4.69, 9.17) is 0 Å². The molecule has 3 atom stereocenters. The SMILES string of the molecule is CC(NC1CCCSC1C)c1cccs1. The van der Waals surface area contributed by atoms with Gasteiger partial charge < -0.3 is 5.32 Å². The van der Waals surface area contributed by atoms with Gasteiger partial charge in [0.15, 0.2) is 0 Å². The molecular formula is C12H19NS2. The maximum Gasteiger partial charge on any atom is 0.0388 e. The number of rotatable bonds is 3. The van der Waals surface area contributed by atoms with Crippen LogP contribution in [0.2, 0.25) is 0 Å². The molecule has 1 aromatic rings. The van der Waals surface area contributed by atoms with Crippen LogP contribution < -0.4 is 5.32 Å². The van der Waals surface area contributed by atoms with Gasteiger partial charge in [0.2, 0.25) is 0 Å². The molecule has 0 spiro atoms. The lowest BCUT2D eigenvalue weighted by molar-refractivity contribution is 0.420. The van der Waals surface area contributed by atoms with Crippen LogP contribution in [-0.2, 0) is 0 Å². The first-order chi connectivity index (χ1) is 7.27. The molecule has 3 unspecified atom stereocenters. The standard InChI is InChI=1S/C12H19NS2/c1-9(12-6-4-8-15-12)13-11-5-3-7-14-10(11)2/h4,6,8-11,13H,3,5,7H2,1-2H3. The highest BCUT2D eigenvalue weighted by atomic mass is 32.2. The summed E-state index contributed by atoms with van der Waals surface area (Å²) in [6, 6.07) is 5.57. The van der Waals surface area contributed by atoms with Gasteiger partial charge in [-0.05, 0) is 37.0 Å². The van der Waals surface area contributed by atoms with Crippen LogP contribution in [0.25, 0.3) is 0 Å². The van der Waals surface area contributed by atoms with Gasteiger partial charge in [0.1, 0.15) is 0 Å². The molecule has 0 aliphatic carbocycles. The fourth-order valence-corrected chi connectivity index (χ4v) is 3.98. The normalized spacial score (nSPS) is 28.9. The Morgan fingerprint density at radius 2 is 2.40 bits per heavy atom. The molecule has 0 bridgehead atoms. The van der Waals surface area contributed by atoms with Crippen molar-refractivity contribution in [3.63, 3.8) is 0 Å². The first kappa shape index (κ1) is 11.5. The van der Waals surface area contributed by atoms with Gasteiger partial charge in [-0.3, -0.25) is 0 Å². The molecule has 2 rings (SSSR count). The maximum absolute atomic E-state index is 3.76. The second-order valence-corrected chi connectivity index (χ2v) is 6.69. The smallest absolute Gasteiger partial charge is 0.0388 e. The van der Waals surface area contributed by atoms with Crippen LogP contribution in [0, 0.1) is 0 Å². The molecule has 0 aromatic carbocycles. The van der Waals surface area contributed by atoms with Gasteiger partial charge in [0.25, 0.3) is 0 Å². The van der Waals surface area contributed by atoms with Crippen LogP contribution in [0.1, 0.15) is 37.6 Å². The number of hydrogen-bond acceptors (Lipinski definition) is 3. The average Bonchev–Trinajstić information content (AvgIpc) is 2.74. The Morgan fingerprint density at radius 1 is 1.53 bits per heavy atom. The van der Waals surface area contributed by atoms with Gasteiger partial charge in [0.05, 0.1) is 0 Å². The van der Waals surface area contributed by atoms with Crippen LogP contribution in [0.3, 0.4) is 0 Å². The molecule has 1 N–H and O–H groups in total. The van der Waals surface area contributed by atoms with Gasteiger partial charge in [0, 0.05) is 22.2 Å². The van der Waals surface area contributed by atoms with Gasteiger partial charge in [-0.25, -0.2) is 0 Å². The molecular weight excluding hydrogens is 222 g/mol. The molecule has 0 saturated carbocycles. The zero-order chi connectivity index (χ0) is 10.7. The summed E-state index contributed by atoms with van der Waals surface area (Å²) in [5, 5.41) is 6.68. The molecule has 1 aliphatic rings. The van der Waals surface area contributed by atoms with Crippen molar-refractivity contribution in [2.45, 2.75) is 44.0 Å². The minimum Gasteiger partial charge on any atom is -0.306 e. The van der Waals surface area contributed by atoms with Crippen molar-refractivity contribution in [1.29, 1.82) is 0 Å². The largest absolute Gasteiger partial charge is 0.306 e. The van der Waals surface area contributed by atoms with Crippen LogP contribution >= 0.6 is 23.1 Å². The molecule has 1 saturated heterocycles. The van der Waals surface area contributed by atoms with Crippen LogP contribution in [0.15, 0.2) is 17.5 Å². The van der Waals surface area contributed by atoms with Crippen molar-refractivity contribution < 1.29 is 0 Å². The summed E-state index contributed by atoms with van der Waals surface area (Å²) < 4.78 is 0. The Hall–Kier alpha value is 0.01000. The van der Waals surface area contributed by atoms with E-state index in [9.17, 15) is 0 Å². The minimum absolute atomic E-state index is 0.510. The Kier molecular flexibility index (Phi) is 4.12. The van der Waals surface area contributed by atoms with E-state index in [-0.39, 0.29) is 0 Å². The Bertz CT molecular complexity index is 284.